The zero-order valence-corrected chi connectivity index (χ0v) is 7.32. The van der Waals surface area contributed by atoms with Crippen molar-refractivity contribution in [3.63, 3.8) is 0 Å². The number of carbonyl (C=O) groups excluding carboxylic acids is 1. The summed E-state index contributed by atoms with van der Waals surface area (Å²) in [7, 11) is 0. The first kappa shape index (κ1) is 10.5. The van der Waals surface area contributed by atoms with E-state index in [1.165, 1.54) is 0 Å². The second kappa shape index (κ2) is 7.63. The first-order valence-electron chi connectivity index (χ1n) is 3.46. The van der Waals surface area contributed by atoms with Crippen LogP contribution in [0.5, 0.6) is 0 Å². The van der Waals surface area contributed by atoms with Crippen LogP contribution in [0.3, 0.4) is 0 Å². The second-order valence-electron chi connectivity index (χ2n) is 1.93. The SMILES string of the molecule is C=CCNC(=O)CSCCN. The van der Waals surface area contributed by atoms with Crippen LogP contribution in [0.2, 0.25) is 0 Å². The number of rotatable bonds is 6. The highest BCUT2D eigenvalue weighted by Gasteiger charge is 1.97. The highest BCUT2D eigenvalue weighted by Crippen LogP contribution is 1.95. The van der Waals surface area contributed by atoms with Crippen molar-refractivity contribution >= 4 is 17.7 Å². The lowest BCUT2D eigenvalue weighted by Crippen LogP contribution is -2.25. The normalized spacial score (nSPS) is 9.18. The summed E-state index contributed by atoms with van der Waals surface area (Å²) in [6.07, 6.45) is 1.66. The van der Waals surface area contributed by atoms with Gasteiger partial charge in [-0.2, -0.15) is 11.8 Å². The van der Waals surface area contributed by atoms with E-state index >= 15 is 0 Å². The molecule has 0 fully saturated rings. The molecule has 0 unspecified atom stereocenters. The number of hydrogen-bond donors (Lipinski definition) is 2. The van der Waals surface area contributed by atoms with Crippen molar-refractivity contribution in [3.05, 3.63) is 12.7 Å². The molecule has 0 saturated carbocycles. The van der Waals surface area contributed by atoms with Gasteiger partial charge in [0.15, 0.2) is 0 Å². The Morgan fingerprint density at radius 3 is 3.00 bits per heavy atom. The van der Waals surface area contributed by atoms with Gasteiger partial charge in [-0.25, -0.2) is 0 Å². The summed E-state index contributed by atoms with van der Waals surface area (Å²) >= 11 is 1.54. The fraction of sp³-hybridized carbons (Fsp3) is 0.571. The molecule has 0 saturated heterocycles. The topological polar surface area (TPSA) is 55.1 Å². The number of nitrogens with one attached hydrogen (secondary N) is 1. The first-order chi connectivity index (χ1) is 5.31. The molecule has 0 aromatic carbocycles. The van der Waals surface area contributed by atoms with Gasteiger partial charge in [0.2, 0.25) is 5.91 Å². The van der Waals surface area contributed by atoms with E-state index < -0.39 is 0 Å². The van der Waals surface area contributed by atoms with Crippen LogP contribution in [-0.2, 0) is 4.79 Å². The molecule has 0 aliphatic rings. The van der Waals surface area contributed by atoms with Gasteiger partial charge < -0.3 is 11.1 Å². The molecule has 4 heteroatoms. The van der Waals surface area contributed by atoms with Gasteiger partial charge in [0.05, 0.1) is 5.75 Å². The van der Waals surface area contributed by atoms with Gasteiger partial charge >= 0.3 is 0 Å². The van der Waals surface area contributed by atoms with Crippen molar-refractivity contribution in [1.29, 1.82) is 0 Å². The van der Waals surface area contributed by atoms with Gasteiger partial charge in [0, 0.05) is 18.8 Å². The summed E-state index contributed by atoms with van der Waals surface area (Å²) in [4.78, 5) is 10.9. The average molecular weight is 174 g/mol. The van der Waals surface area contributed by atoms with E-state index in [1.54, 1.807) is 17.8 Å². The quantitative estimate of drug-likeness (QED) is 0.439. The number of nitrogens with two attached hydrogens (primary N) is 1. The van der Waals surface area contributed by atoms with Gasteiger partial charge in [-0.3, -0.25) is 4.79 Å². The van der Waals surface area contributed by atoms with Crippen molar-refractivity contribution in [3.8, 4) is 0 Å². The molecule has 0 atom stereocenters. The molecule has 0 heterocycles. The Hall–Kier alpha value is -0.480. The molecule has 0 radical (unpaired) electrons. The van der Waals surface area contributed by atoms with E-state index in [1.807, 2.05) is 0 Å². The van der Waals surface area contributed by atoms with Crippen LogP contribution in [0, 0.1) is 0 Å². The van der Waals surface area contributed by atoms with Crippen LogP contribution in [0.25, 0.3) is 0 Å². The Labute approximate surface area is 71.4 Å². The van der Waals surface area contributed by atoms with Crippen molar-refractivity contribution in [1.82, 2.24) is 5.32 Å². The number of amides is 1. The minimum atomic E-state index is 0.0448. The first-order valence-corrected chi connectivity index (χ1v) is 4.62. The second-order valence-corrected chi connectivity index (χ2v) is 3.04. The smallest absolute Gasteiger partial charge is 0.230 e. The Balaban J connectivity index is 3.15. The predicted molar refractivity (Wildman–Crippen MR) is 49.6 cm³/mol. The number of thioether (sulfide) groups is 1. The summed E-state index contributed by atoms with van der Waals surface area (Å²) in [5.41, 5.74) is 5.25. The molecule has 0 aliphatic heterocycles. The van der Waals surface area contributed by atoms with Gasteiger partial charge in [-0.05, 0) is 0 Å². The van der Waals surface area contributed by atoms with Crippen molar-refractivity contribution in [2.45, 2.75) is 0 Å². The Bertz CT molecular complexity index is 128. The van der Waals surface area contributed by atoms with Crippen LogP contribution in [0.4, 0.5) is 0 Å². The summed E-state index contributed by atoms with van der Waals surface area (Å²) in [6.45, 7) is 4.66. The lowest BCUT2D eigenvalue weighted by molar-refractivity contribution is -0.118. The van der Waals surface area contributed by atoms with Gasteiger partial charge in [-0.15, -0.1) is 6.58 Å². The zero-order chi connectivity index (χ0) is 8.53. The van der Waals surface area contributed by atoms with Crippen LogP contribution in [0.1, 0.15) is 0 Å². The Morgan fingerprint density at radius 1 is 1.73 bits per heavy atom. The summed E-state index contributed by atoms with van der Waals surface area (Å²) in [5.74, 6) is 1.37. The van der Waals surface area contributed by atoms with Crippen molar-refractivity contribution in [2.75, 3.05) is 24.6 Å². The van der Waals surface area contributed by atoms with Gasteiger partial charge in [0.25, 0.3) is 0 Å². The van der Waals surface area contributed by atoms with Crippen LogP contribution in [0.15, 0.2) is 12.7 Å². The molecular formula is C7H14N2OS. The van der Waals surface area contributed by atoms with Crippen LogP contribution >= 0.6 is 11.8 Å². The molecule has 0 rings (SSSR count). The number of hydrogen-bond acceptors (Lipinski definition) is 3. The van der Waals surface area contributed by atoms with Crippen LogP contribution < -0.4 is 11.1 Å². The predicted octanol–water partition coefficient (Wildman–Crippen LogP) is -0.0195. The highest BCUT2D eigenvalue weighted by atomic mass is 32.2. The van der Waals surface area contributed by atoms with E-state index in [4.69, 9.17) is 5.73 Å². The molecule has 3 nitrogen and oxygen atoms in total. The molecule has 64 valence electrons. The summed E-state index contributed by atoms with van der Waals surface area (Å²) in [6, 6.07) is 0. The average Bonchev–Trinajstić information content (AvgIpc) is 2.01. The molecule has 0 bridgehead atoms. The maximum atomic E-state index is 10.9. The minimum Gasteiger partial charge on any atom is -0.352 e. The van der Waals surface area contributed by atoms with Crippen molar-refractivity contribution in [2.24, 2.45) is 5.73 Å². The van der Waals surface area contributed by atoms with Crippen LogP contribution in [-0.4, -0.2) is 30.5 Å². The van der Waals surface area contributed by atoms with E-state index in [0.29, 0.717) is 18.8 Å². The van der Waals surface area contributed by atoms with E-state index in [2.05, 4.69) is 11.9 Å². The molecule has 0 aliphatic carbocycles. The summed E-state index contributed by atoms with van der Waals surface area (Å²) in [5, 5.41) is 2.67. The monoisotopic (exact) mass is 174 g/mol. The Morgan fingerprint density at radius 2 is 2.45 bits per heavy atom. The van der Waals surface area contributed by atoms with Gasteiger partial charge in [-0.1, -0.05) is 6.08 Å². The van der Waals surface area contributed by atoms with E-state index in [9.17, 15) is 4.79 Å². The third-order valence-corrected chi connectivity index (χ3v) is 1.93. The molecule has 1 amide bonds. The standard InChI is InChI=1S/C7H14N2OS/c1-2-4-9-7(10)6-11-5-3-8/h2H,1,3-6,8H2,(H,9,10). The number of carbonyl (C=O) groups is 1. The molecule has 11 heavy (non-hydrogen) atoms. The zero-order valence-electron chi connectivity index (χ0n) is 6.51. The molecule has 0 spiro atoms. The van der Waals surface area contributed by atoms with Gasteiger partial charge in [0.1, 0.15) is 0 Å². The summed E-state index contributed by atoms with van der Waals surface area (Å²) < 4.78 is 0. The third-order valence-electron chi connectivity index (χ3n) is 0.939. The fourth-order valence-electron chi connectivity index (χ4n) is 0.485. The molecule has 0 aromatic rings. The maximum absolute atomic E-state index is 10.9. The van der Waals surface area contributed by atoms with E-state index in [-0.39, 0.29) is 5.91 Å². The lowest BCUT2D eigenvalue weighted by atomic mass is 10.6. The Kier molecular flexibility index (Phi) is 7.29. The highest BCUT2D eigenvalue weighted by molar-refractivity contribution is 7.99. The molecule has 3 N–H and O–H groups in total. The third kappa shape index (κ3) is 7.42. The van der Waals surface area contributed by atoms with Crippen molar-refractivity contribution < 1.29 is 4.79 Å². The molecular weight excluding hydrogens is 160 g/mol. The maximum Gasteiger partial charge on any atom is 0.230 e. The minimum absolute atomic E-state index is 0.0448. The fourth-order valence-corrected chi connectivity index (χ4v) is 1.08. The largest absolute Gasteiger partial charge is 0.352 e. The lowest BCUT2D eigenvalue weighted by Gasteiger charge is -2.00. The molecule has 0 aromatic heterocycles. The van der Waals surface area contributed by atoms with E-state index in [0.717, 1.165) is 5.75 Å².